The SMILES string of the molecule is CCCCCCCCOC(=O)c1ccc(O)c(C)c1C. The number of benzene rings is 1. The van der Waals surface area contributed by atoms with Gasteiger partial charge in [0.05, 0.1) is 12.2 Å². The largest absolute Gasteiger partial charge is 0.508 e. The van der Waals surface area contributed by atoms with Crippen molar-refractivity contribution < 1.29 is 14.6 Å². The number of hydrogen-bond donors (Lipinski definition) is 1. The Morgan fingerprint density at radius 1 is 1.05 bits per heavy atom. The van der Waals surface area contributed by atoms with Gasteiger partial charge in [-0.2, -0.15) is 0 Å². The van der Waals surface area contributed by atoms with Gasteiger partial charge in [-0.05, 0) is 43.5 Å². The zero-order valence-corrected chi connectivity index (χ0v) is 12.9. The summed E-state index contributed by atoms with van der Waals surface area (Å²) < 4.78 is 5.29. The summed E-state index contributed by atoms with van der Waals surface area (Å²) in [7, 11) is 0. The molecule has 0 aliphatic carbocycles. The van der Waals surface area contributed by atoms with Crippen LogP contribution in [0, 0.1) is 13.8 Å². The fourth-order valence-electron chi connectivity index (χ4n) is 2.15. The van der Waals surface area contributed by atoms with E-state index in [4.69, 9.17) is 4.74 Å². The first-order valence-electron chi connectivity index (χ1n) is 7.54. The second-order valence-electron chi connectivity index (χ2n) is 5.29. The Balaban J connectivity index is 2.35. The third kappa shape index (κ3) is 4.87. The van der Waals surface area contributed by atoms with E-state index in [9.17, 15) is 9.90 Å². The number of phenolic OH excluding ortho intramolecular Hbond substituents is 1. The molecule has 0 radical (unpaired) electrons. The number of rotatable bonds is 8. The summed E-state index contributed by atoms with van der Waals surface area (Å²) in [6.07, 6.45) is 7.04. The minimum Gasteiger partial charge on any atom is -0.508 e. The number of unbranched alkanes of at least 4 members (excludes halogenated alkanes) is 5. The quantitative estimate of drug-likeness (QED) is 0.561. The second kappa shape index (κ2) is 8.62. The van der Waals surface area contributed by atoms with E-state index in [1.54, 1.807) is 19.1 Å². The van der Waals surface area contributed by atoms with Gasteiger partial charge in [0, 0.05) is 0 Å². The molecule has 0 heterocycles. The topological polar surface area (TPSA) is 46.5 Å². The van der Waals surface area contributed by atoms with E-state index in [1.807, 2.05) is 6.92 Å². The fourth-order valence-corrected chi connectivity index (χ4v) is 2.15. The van der Waals surface area contributed by atoms with E-state index in [1.165, 1.54) is 25.7 Å². The van der Waals surface area contributed by atoms with Gasteiger partial charge in [-0.15, -0.1) is 0 Å². The first-order valence-corrected chi connectivity index (χ1v) is 7.54. The Hall–Kier alpha value is -1.51. The van der Waals surface area contributed by atoms with Crippen LogP contribution in [0.25, 0.3) is 0 Å². The molecule has 20 heavy (non-hydrogen) atoms. The molecule has 0 aliphatic heterocycles. The van der Waals surface area contributed by atoms with Crippen molar-refractivity contribution in [1.29, 1.82) is 0 Å². The maximum atomic E-state index is 12.0. The summed E-state index contributed by atoms with van der Waals surface area (Å²) in [6, 6.07) is 3.17. The average molecular weight is 278 g/mol. The first-order chi connectivity index (χ1) is 9.57. The van der Waals surface area contributed by atoms with Crippen LogP contribution in [0.1, 0.15) is 66.9 Å². The lowest BCUT2D eigenvalue weighted by molar-refractivity contribution is 0.0496. The molecular formula is C17H26O3. The van der Waals surface area contributed by atoms with Gasteiger partial charge in [-0.25, -0.2) is 4.79 Å². The van der Waals surface area contributed by atoms with E-state index in [0.29, 0.717) is 12.2 Å². The smallest absolute Gasteiger partial charge is 0.338 e. The summed E-state index contributed by atoms with van der Waals surface area (Å²) in [5, 5.41) is 9.57. The molecule has 1 N–H and O–H groups in total. The molecule has 0 saturated heterocycles. The highest BCUT2D eigenvalue weighted by Crippen LogP contribution is 2.23. The van der Waals surface area contributed by atoms with Gasteiger partial charge in [0.15, 0.2) is 0 Å². The fraction of sp³-hybridized carbons (Fsp3) is 0.588. The van der Waals surface area contributed by atoms with Crippen molar-refractivity contribution in [1.82, 2.24) is 0 Å². The molecule has 0 fully saturated rings. The lowest BCUT2D eigenvalue weighted by atomic mass is 10.0. The lowest BCUT2D eigenvalue weighted by Crippen LogP contribution is -2.09. The predicted octanol–water partition coefficient (Wildman–Crippen LogP) is 4.53. The highest BCUT2D eigenvalue weighted by atomic mass is 16.5. The molecule has 0 unspecified atom stereocenters. The van der Waals surface area contributed by atoms with Crippen LogP contribution in [0.2, 0.25) is 0 Å². The van der Waals surface area contributed by atoms with Crippen LogP contribution in [0.15, 0.2) is 12.1 Å². The Morgan fingerprint density at radius 2 is 1.70 bits per heavy atom. The molecule has 3 heteroatoms. The van der Waals surface area contributed by atoms with Crippen LogP contribution in [0.4, 0.5) is 0 Å². The van der Waals surface area contributed by atoms with Crippen molar-refractivity contribution in [2.24, 2.45) is 0 Å². The van der Waals surface area contributed by atoms with Crippen molar-refractivity contribution in [2.45, 2.75) is 59.3 Å². The Labute approximate surface area is 122 Å². The van der Waals surface area contributed by atoms with Crippen LogP contribution in [-0.4, -0.2) is 17.7 Å². The van der Waals surface area contributed by atoms with Gasteiger partial charge >= 0.3 is 5.97 Å². The van der Waals surface area contributed by atoms with Gasteiger partial charge in [0.2, 0.25) is 0 Å². The number of carbonyl (C=O) groups excluding carboxylic acids is 1. The van der Waals surface area contributed by atoms with Gasteiger partial charge < -0.3 is 9.84 Å². The maximum Gasteiger partial charge on any atom is 0.338 e. The van der Waals surface area contributed by atoms with Crippen molar-refractivity contribution in [2.75, 3.05) is 6.61 Å². The number of ether oxygens (including phenoxy) is 1. The monoisotopic (exact) mass is 278 g/mol. The Morgan fingerprint density at radius 3 is 2.40 bits per heavy atom. The van der Waals surface area contributed by atoms with Crippen molar-refractivity contribution in [3.8, 4) is 5.75 Å². The van der Waals surface area contributed by atoms with Crippen LogP contribution in [0.3, 0.4) is 0 Å². The molecule has 112 valence electrons. The number of phenols is 1. The molecule has 3 nitrogen and oxygen atoms in total. The van der Waals surface area contributed by atoms with Crippen molar-refractivity contribution in [3.05, 3.63) is 28.8 Å². The molecule has 0 aliphatic rings. The van der Waals surface area contributed by atoms with E-state index in [-0.39, 0.29) is 11.7 Å². The molecule has 0 bridgehead atoms. The zero-order chi connectivity index (χ0) is 15.0. The summed E-state index contributed by atoms with van der Waals surface area (Å²) in [4.78, 5) is 12.0. The van der Waals surface area contributed by atoms with Gasteiger partial charge in [0.1, 0.15) is 5.75 Å². The van der Waals surface area contributed by atoms with Crippen LogP contribution in [0.5, 0.6) is 5.75 Å². The number of aromatic hydroxyl groups is 1. The van der Waals surface area contributed by atoms with E-state index in [2.05, 4.69) is 6.92 Å². The minimum atomic E-state index is -0.292. The van der Waals surface area contributed by atoms with E-state index < -0.39 is 0 Å². The molecule has 0 atom stereocenters. The third-order valence-electron chi connectivity index (χ3n) is 3.71. The molecule has 1 aromatic rings. The summed E-state index contributed by atoms with van der Waals surface area (Å²) in [5.74, 6) is -0.0749. The number of esters is 1. The highest BCUT2D eigenvalue weighted by Gasteiger charge is 2.13. The number of hydrogen-bond acceptors (Lipinski definition) is 3. The van der Waals surface area contributed by atoms with Crippen molar-refractivity contribution >= 4 is 5.97 Å². The van der Waals surface area contributed by atoms with Crippen LogP contribution in [-0.2, 0) is 4.74 Å². The van der Waals surface area contributed by atoms with Gasteiger partial charge in [-0.3, -0.25) is 0 Å². The van der Waals surface area contributed by atoms with Crippen LogP contribution >= 0.6 is 0 Å². The third-order valence-corrected chi connectivity index (χ3v) is 3.71. The highest BCUT2D eigenvalue weighted by molar-refractivity contribution is 5.91. The molecule has 1 rings (SSSR count). The van der Waals surface area contributed by atoms with E-state index in [0.717, 1.165) is 24.0 Å². The average Bonchev–Trinajstić information content (AvgIpc) is 2.43. The predicted molar refractivity (Wildman–Crippen MR) is 81.2 cm³/mol. The minimum absolute atomic E-state index is 0.218. The summed E-state index contributed by atoms with van der Waals surface area (Å²) in [6.45, 7) is 6.31. The second-order valence-corrected chi connectivity index (χ2v) is 5.29. The van der Waals surface area contributed by atoms with Gasteiger partial charge in [0.25, 0.3) is 0 Å². The van der Waals surface area contributed by atoms with Crippen LogP contribution < -0.4 is 0 Å². The van der Waals surface area contributed by atoms with E-state index >= 15 is 0 Å². The zero-order valence-electron chi connectivity index (χ0n) is 12.9. The molecule has 0 spiro atoms. The summed E-state index contributed by atoms with van der Waals surface area (Å²) >= 11 is 0. The van der Waals surface area contributed by atoms with Crippen molar-refractivity contribution in [3.63, 3.8) is 0 Å². The first kappa shape index (κ1) is 16.5. The summed E-state index contributed by atoms with van der Waals surface area (Å²) in [5.41, 5.74) is 2.07. The normalized spacial score (nSPS) is 10.6. The lowest BCUT2D eigenvalue weighted by Gasteiger charge is -2.10. The van der Waals surface area contributed by atoms with Gasteiger partial charge in [-0.1, -0.05) is 39.0 Å². The maximum absolute atomic E-state index is 12.0. The molecule has 0 saturated carbocycles. The standard InChI is InChI=1S/C17H26O3/c1-4-5-6-7-8-9-12-20-17(19)15-10-11-16(18)14(3)13(15)2/h10-11,18H,4-9,12H2,1-3H3. The molecule has 0 amide bonds. The Bertz CT molecular complexity index is 438. The molecular weight excluding hydrogens is 252 g/mol. The molecule has 0 aromatic heterocycles. The molecule has 1 aromatic carbocycles. The number of carbonyl (C=O) groups is 1. The Kier molecular flexibility index (Phi) is 7.13.